The molecule has 2 aliphatic rings. The normalized spacial score (nSPS) is 28.7. The third-order valence-corrected chi connectivity index (χ3v) is 5.38. The molecule has 0 aromatic heterocycles. The van der Waals surface area contributed by atoms with Crippen LogP contribution in [0.1, 0.15) is 26.2 Å². The molecule has 0 bridgehead atoms. The van der Waals surface area contributed by atoms with Crippen molar-refractivity contribution in [2.45, 2.75) is 37.5 Å². The lowest BCUT2D eigenvalue weighted by Gasteiger charge is -2.35. The fourth-order valence-corrected chi connectivity index (χ4v) is 3.68. The Kier molecular flexibility index (Phi) is 4.60. The molecule has 6 heteroatoms. The SMILES string of the molecule is CSC1CCN(C(=O)N2CCC(C)C2C(=O)O)CC1. The number of aliphatic carboxylic acids is 1. The van der Waals surface area contributed by atoms with Gasteiger partial charge in [0.25, 0.3) is 0 Å². The molecule has 0 aromatic carbocycles. The minimum atomic E-state index is -0.877. The van der Waals surface area contributed by atoms with Crippen molar-refractivity contribution in [3.63, 3.8) is 0 Å². The Balaban J connectivity index is 1.98. The van der Waals surface area contributed by atoms with Gasteiger partial charge in [0.1, 0.15) is 6.04 Å². The fraction of sp³-hybridized carbons (Fsp3) is 0.846. The molecule has 0 aliphatic carbocycles. The first-order chi connectivity index (χ1) is 9.04. The quantitative estimate of drug-likeness (QED) is 0.840. The summed E-state index contributed by atoms with van der Waals surface area (Å²) in [7, 11) is 0. The molecule has 0 spiro atoms. The molecule has 2 rings (SSSR count). The molecule has 2 unspecified atom stereocenters. The van der Waals surface area contributed by atoms with Crippen LogP contribution in [0.15, 0.2) is 0 Å². The maximum absolute atomic E-state index is 12.4. The molecule has 2 fully saturated rings. The second-order valence-corrected chi connectivity index (χ2v) is 6.59. The summed E-state index contributed by atoms with van der Waals surface area (Å²) < 4.78 is 0. The number of piperidine rings is 1. The highest BCUT2D eigenvalue weighted by Gasteiger charge is 2.41. The van der Waals surface area contributed by atoms with E-state index in [9.17, 15) is 14.7 Å². The molecule has 2 saturated heterocycles. The van der Waals surface area contributed by atoms with Crippen molar-refractivity contribution in [1.29, 1.82) is 0 Å². The van der Waals surface area contributed by atoms with Crippen molar-refractivity contribution in [1.82, 2.24) is 9.80 Å². The van der Waals surface area contributed by atoms with Crippen LogP contribution in [0, 0.1) is 5.92 Å². The molecule has 2 atom stereocenters. The maximum Gasteiger partial charge on any atom is 0.326 e. The van der Waals surface area contributed by atoms with Gasteiger partial charge < -0.3 is 14.9 Å². The van der Waals surface area contributed by atoms with Gasteiger partial charge in [-0.3, -0.25) is 0 Å². The van der Waals surface area contributed by atoms with Crippen LogP contribution in [0.4, 0.5) is 4.79 Å². The van der Waals surface area contributed by atoms with Gasteiger partial charge in [-0.2, -0.15) is 11.8 Å². The number of rotatable bonds is 2. The first-order valence-electron chi connectivity index (χ1n) is 6.85. The van der Waals surface area contributed by atoms with Gasteiger partial charge in [-0.25, -0.2) is 9.59 Å². The van der Waals surface area contributed by atoms with E-state index in [0.29, 0.717) is 11.8 Å². The van der Waals surface area contributed by atoms with Gasteiger partial charge in [0.2, 0.25) is 0 Å². The van der Waals surface area contributed by atoms with Crippen LogP contribution in [0.3, 0.4) is 0 Å². The summed E-state index contributed by atoms with van der Waals surface area (Å²) in [6.45, 7) is 3.98. The van der Waals surface area contributed by atoms with Crippen LogP contribution < -0.4 is 0 Å². The molecular formula is C13H22N2O3S. The Labute approximate surface area is 118 Å². The summed E-state index contributed by atoms with van der Waals surface area (Å²) in [4.78, 5) is 27.1. The Hall–Kier alpha value is -0.910. The number of thioether (sulfide) groups is 1. The van der Waals surface area contributed by atoms with Gasteiger partial charge in [0.05, 0.1) is 0 Å². The lowest BCUT2D eigenvalue weighted by atomic mass is 10.0. The topological polar surface area (TPSA) is 60.9 Å². The molecule has 2 amide bonds. The van der Waals surface area contributed by atoms with Crippen LogP contribution in [0.2, 0.25) is 0 Å². The van der Waals surface area contributed by atoms with Crippen LogP contribution in [-0.4, -0.2) is 64.1 Å². The van der Waals surface area contributed by atoms with E-state index in [0.717, 1.165) is 32.4 Å². The molecule has 1 N–H and O–H groups in total. The third-order valence-electron chi connectivity index (χ3n) is 4.24. The van der Waals surface area contributed by atoms with Gasteiger partial charge in [0.15, 0.2) is 0 Å². The van der Waals surface area contributed by atoms with Gasteiger partial charge >= 0.3 is 12.0 Å². The van der Waals surface area contributed by atoms with E-state index < -0.39 is 12.0 Å². The number of carboxylic acid groups (broad SMARTS) is 1. The number of nitrogens with zero attached hydrogens (tertiary/aromatic N) is 2. The zero-order valence-corrected chi connectivity index (χ0v) is 12.4. The number of hydrogen-bond acceptors (Lipinski definition) is 3. The lowest BCUT2D eigenvalue weighted by Crippen LogP contribution is -2.51. The Morgan fingerprint density at radius 3 is 2.32 bits per heavy atom. The summed E-state index contributed by atoms with van der Waals surface area (Å²) in [5, 5.41) is 9.90. The summed E-state index contributed by atoms with van der Waals surface area (Å²) >= 11 is 1.85. The van der Waals surface area contributed by atoms with Crippen molar-refractivity contribution >= 4 is 23.8 Å². The largest absolute Gasteiger partial charge is 0.480 e. The molecule has 5 nitrogen and oxygen atoms in total. The first-order valence-corrected chi connectivity index (χ1v) is 8.14. The predicted octanol–water partition coefficient (Wildman–Crippen LogP) is 1.73. The monoisotopic (exact) mass is 286 g/mol. The summed E-state index contributed by atoms with van der Waals surface area (Å²) in [5.41, 5.74) is 0. The number of hydrogen-bond donors (Lipinski definition) is 1. The number of carbonyl (C=O) groups excluding carboxylic acids is 1. The van der Waals surface area contributed by atoms with Crippen LogP contribution in [-0.2, 0) is 4.79 Å². The van der Waals surface area contributed by atoms with Crippen LogP contribution in [0.5, 0.6) is 0 Å². The van der Waals surface area contributed by atoms with Crippen molar-refractivity contribution in [3.05, 3.63) is 0 Å². The van der Waals surface area contributed by atoms with Gasteiger partial charge in [-0.15, -0.1) is 0 Å². The van der Waals surface area contributed by atoms with Crippen molar-refractivity contribution < 1.29 is 14.7 Å². The molecular weight excluding hydrogens is 264 g/mol. The van der Waals surface area contributed by atoms with E-state index in [-0.39, 0.29) is 11.9 Å². The van der Waals surface area contributed by atoms with Gasteiger partial charge in [0, 0.05) is 24.9 Å². The average molecular weight is 286 g/mol. The highest BCUT2D eigenvalue weighted by atomic mass is 32.2. The second kappa shape index (κ2) is 6.03. The van der Waals surface area contributed by atoms with Crippen LogP contribution in [0.25, 0.3) is 0 Å². The summed E-state index contributed by atoms with van der Waals surface area (Å²) in [6, 6.07) is -0.734. The van der Waals surface area contributed by atoms with Gasteiger partial charge in [-0.1, -0.05) is 6.92 Å². The molecule has 0 aromatic rings. The minimum Gasteiger partial charge on any atom is -0.480 e. The summed E-state index contributed by atoms with van der Waals surface area (Å²) in [6.07, 6.45) is 4.90. The Morgan fingerprint density at radius 1 is 1.16 bits per heavy atom. The average Bonchev–Trinajstić information content (AvgIpc) is 2.80. The maximum atomic E-state index is 12.4. The molecule has 0 radical (unpaired) electrons. The predicted molar refractivity (Wildman–Crippen MR) is 75.4 cm³/mol. The van der Waals surface area contributed by atoms with Crippen molar-refractivity contribution in [2.75, 3.05) is 25.9 Å². The zero-order chi connectivity index (χ0) is 14.0. The molecule has 19 heavy (non-hydrogen) atoms. The van der Waals surface area contributed by atoms with E-state index in [4.69, 9.17) is 0 Å². The lowest BCUT2D eigenvalue weighted by molar-refractivity contribution is -0.142. The fourth-order valence-electron chi connectivity index (χ4n) is 3.00. The van der Waals surface area contributed by atoms with E-state index in [1.54, 1.807) is 4.90 Å². The number of likely N-dealkylation sites (tertiary alicyclic amines) is 2. The Morgan fingerprint density at radius 2 is 1.79 bits per heavy atom. The second-order valence-electron chi connectivity index (χ2n) is 5.45. The molecule has 2 aliphatic heterocycles. The van der Waals surface area contributed by atoms with E-state index in [1.807, 2.05) is 23.6 Å². The number of carbonyl (C=O) groups is 2. The van der Waals surface area contributed by atoms with Gasteiger partial charge in [-0.05, 0) is 31.4 Å². The first kappa shape index (κ1) is 14.5. The van der Waals surface area contributed by atoms with E-state index in [1.165, 1.54) is 0 Å². The third kappa shape index (κ3) is 2.99. The van der Waals surface area contributed by atoms with Crippen molar-refractivity contribution in [2.24, 2.45) is 5.92 Å². The molecule has 2 heterocycles. The van der Waals surface area contributed by atoms with E-state index >= 15 is 0 Å². The zero-order valence-electron chi connectivity index (χ0n) is 11.5. The minimum absolute atomic E-state index is 0.0465. The summed E-state index contributed by atoms with van der Waals surface area (Å²) in [5.74, 6) is -0.831. The number of amides is 2. The molecule has 108 valence electrons. The van der Waals surface area contributed by atoms with Crippen molar-refractivity contribution in [3.8, 4) is 0 Å². The highest BCUT2D eigenvalue weighted by molar-refractivity contribution is 7.99. The Bertz CT molecular complexity index is 356. The number of urea groups is 1. The highest BCUT2D eigenvalue weighted by Crippen LogP contribution is 2.27. The number of carboxylic acids is 1. The van der Waals surface area contributed by atoms with E-state index in [2.05, 4.69) is 6.26 Å². The smallest absolute Gasteiger partial charge is 0.326 e. The van der Waals surface area contributed by atoms with Crippen LogP contribution >= 0.6 is 11.8 Å². The molecule has 0 saturated carbocycles. The standard InChI is InChI=1S/C13H22N2O3S/c1-9-3-8-15(11(9)12(16)17)13(18)14-6-4-10(19-2)5-7-14/h9-11H,3-8H2,1-2H3,(H,16,17).